The largest absolute Gasteiger partial charge is 0.367 e. The standard InChI is InChI=1S/C11H14N4O/c12-3-1-11(16)15-7-5-14(6-8-15)10-2-4-13-9-10/h2,4,9,13H,1,5-8H2. The van der Waals surface area contributed by atoms with Crippen molar-refractivity contribution in [3.8, 4) is 6.07 Å². The Hall–Kier alpha value is -1.96. The van der Waals surface area contributed by atoms with Gasteiger partial charge >= 0.3 is 0 Å². The fourth-order valence-corrected chi connectivity index (χ4v) is 1.91. The molecule has 0 spiro atoms. The molecule has 1 aromatic rings. The lowest BCUT2D eigenvalue weighted by Gasteiger charge is -2.35. The normalized spacial score (nSPS) is 15.9. The van der Waals surface area contributed by atoms with Gasteiger partial charge in [-0.3, -0.25) is 4.79 Å². The Labute approximate surface area is 94.3 Å². The molecular formula is C11H14N4O. The highest BCUT2D eigenvalue weighted by Gasteiger charge is 2.20. The Bertz CT molecular complexity index is 385. The van der Waals surface area contributed by atoms with Crippen LogP contribution in [0.4, 0.5) is 5.69 Å². The van der Waals surface area contributed by atoms with Crippen LogP contribution in [0.5, 0.6) is 0 Å². The Morgan fingerprint density at radius 3 is 2.75 bits per heavy atom. The number of hydrogen-bond donors (Lipinski definition) is 1. The fraction of sp³-hybridized carbons (Fsp3) is 0.455. The van der Waals surface area contributed by atoms with E-state index in [2.05, 4.69) is 9.88 Å². The molecule has 0 unspecified atom stereocenters. The first-order chi connectivity index (χ1) is 7.81. The SMILES string of the molecule is N#CCC(=O)N1CCN(c2cc[nH]c2)CC1. The lowest BCUT2D eigenvalue weighted by atomic mass is 10.2. The van der Waals surface area contributed by atoms with E-state index >= 15 is 0 Å². The number of piperazine rings is 1. The molecule has 0 radical (unpaired) electrons. The number of nitrogens with zero attached hydrogens (tertiary/aromatic N) is 3. The molecule has 0 aromatic carbocycles. The van der Waals surface area contributed by atoms with Crippen molar-refractivity contribution in [3.05, 3.63) is 18.5 Å². The number of anilines is 1. The van der Waals surface area contributed by atoms with Gasteiger partial charge in [-0.15, -0.1) is 0 Å². The van der Waals surface area contributed by atoms with E-state index in [1.165, 1.54) is 0 Å². The summed E-state index contributed by atoms with van der Waals surface area (Å²) in [5.74, 6) is -0.0591. The molecule has 0 bridgehead atoms. The summed E-state index contributed by atoms with van der Waals surface area (Å²) in [5, 5.41) is 8.46. The minimum Gasteiger partial charge on any atom is -0.367 e. The number of rotatable bonds is 2. The number of H-pyrrole nitrogens is 1. The van der Waals surface area contributed by atoms with Crippen LogP contribution in [0.25, 0.3) is 0 Å². The van der Waals surface area contributed by atoms with E-state index < -0.39 is 0 Å². The van der Waals surface area contributed by atoms with E-state index in [9.17, 15) is 4.79 Å². The molecule has 84 valence electrons. The molecule has 0 atom stereocenters. The van der Waals surface area contributed by atoms with Gasteiger partial charge in [-0.05, 0) is 6.07 Å². The Kier molecular flexibility index (Phi) is 3.10. The number of nitriles is 1. The second-order valence-electron chi connectivity index (χ2n) is 3.77. The van der Waals surface area contributed by atoms with E-state index in [1.807, 2.05) is 24.5 Å². The summed E-state index contributed by atoms with van der Waals surface area (Å²) in [4.78, 5) is 18.5. The first kappa shape index (κ1) is 10.6. The number of aromatic nitrogens is 1. The summed E-state index contributed by atoms with van der Waals surface area (Å²) < 4.78 is 0. The first-order valence-corrected chi connectivity index (χ1v) is 5.33. The maximum absolute atomic E-state index is 11.5. The molecule has 1 aromatic heterocycles. The predicted molar refractivity (Wildman–Crippen MR) is 59.8 cm³/mol. The zero-order chi connectivity index (χ0) is 11.4. The molecule has 0 aliphatic carbocycles. The number of amides is 1. The summed E-state index contributed by atoms with van der Waals surface area (Å²) in [7, 11) is 0. The number of carbonyl (C=O) groups excluding carboxylic acids is 1. The molecule has 2 rings (SSSR count). The van der Waals surface area contributed by atoms with Gasteiger partial charge in [-0.2, -0.15) is 5.26 Å². The monoisotopic (exact) mass is 218 g/mol. The van der Waals surface area contributed by atoms with Gasteiger partial charge in [-0.1, -0.05) is 0 Å². The maximum Gasteiger partial charge on any atom is 0.236 e. The summed E-state index contributed by atoms with van der Waals surface area (Å²) in [5.41, 5.74) is 1.16. The van der Waals surface area contributed by atoms with E-state index in [0.717, 1.165) is 18.8 Å². The lowest BCUT2D eigenvalue weighted by molar-refractivity contribution is -0.130. The highest BCUT2D eigenvalue weighted by atomic mass is 16.2. The Morgan fingerprint density at radius 1 is 1.44 bits per heavy atom. The van der Waals surface area contributed by atoms with Crippen LogP contribution in [-0.2, 0) is 4.79 Å². The zero-order valence-electron chi connectivity index (χ0n) is 9.02. The molecule has 2 heterocycles. The van der Waals surface area contributed by atoms with Crippen LogP contribution in [0.3, 0.4) is 0 Å². The van der Waals surface area contributed by atoms with Crippen LogP contribution < -0.4 is 4.90 Å². The van der Waals surface area contributed by atoms with Crippen molar-refractivity contribution in [1.29, 1.82) is 5.26 Å². The van der Waals surface area contributed by atoms with E-state index in [4.69, 9.17) is 5.26 Å². The van der Waals surface area contributed by atoms with Crippen LogP contribution in [0, 0.1) is 11.3 Å². The second-order valence-corrected chi connectivity index (χ2v) is 3.77. The second kappa shape index (κ2) is 4.71. The third-order valence-corrected chi connectivity index (χ3v) is 2.81. The molecule has 1 saturated heterocycles. The molecule has 1 fully saturated rings. The maximum atomic E-state index is 11.5. The smallest absolute Gasteiger partial charge is 0.236 e. The van der Waals surface area contributed by atoms with Gasteiger partial charge in [0.05, 0.1) is 11.8 Å². The third-order valence-electron chi connectivity index (χ3n) is 2.81. The van der Waals surface area contributed by atoms with E-state index in [1.54, 1.807) is 4.90 Å². The quantitative estimate of drug-likeness (QED) is 0.789. The number of carbonyl (C=O) groups is 1. The molecule has 1 aliphatic rings. The average molecular weight is 218 g/mol. The third kappa shape index (κ3) is 2.16. The average Bonchev–Trinajstić information content (AvgIpc) is 2.83. The number of aromatic amines is 1. The number of nitrogens with one attached hydrogen (secondary N) is 1. The molecule has 16 heavy (non-hydrogen) atoms. The fourth-order valence-electron chi connectivity index (χ4n) is 1.91. The van der Waals surface area contributed by atoms with Gasteiger partial charge < -0.3 is 14.8 Å². The van der Waals surface area contributed by atoms with Crippen molar-refractivity contribution in [3.63, 3.8) is 0 Å². The van der Waals surface area contributed by atoms with Crippen molar-refractivity contribution in [1.82, 2.24) is 9.88 Å². The molecule has 5 heteroatoms. The molecule has 0 saturated carbocycles. The predicted octanol–water partition coefficient (Wildman–Crippen LogP) is 0.577. The molecule has 1 aliphatic heterocycles. The highest BCUT2D eigenvalue weighted by Crippen LogP contribution is 2.15. The summed E-state index contributed by atoms with van der Waals surface area (Å²) in [6, 6.07) is 3.91. The molecule has 5 nitrogen and oxygen atoms in total. The van der Waals surface area contributed by atoms with Crippen LogP contribution >= 0.6 is 0 Å². The van der Waals surface area contributed by atoms with Crippen LogP contribution in [-0.4, -0.2) is 42.0 Å². The molecule has 1 amide bonds. The highest BCUT2D eigenvalue weighted by molar-refractivity contribution is 5.78. The van der Waals surface area contributed by atoms with Gasteiger partial charge in [0.1, 0.15) is 6.42 Å². The minimum atomic E-state index is -0.0591. The topological polar surface area (TPSA) is 63.1 Å². The van der Waals surface area contributed by atoms with Gasteiger partial charge in [0, 0.05) is 38.6 Å². The molecular weight excluding hydrogens is 204 g/mol. The zero-order valence-corrected chi connectivity index (χ0v) is 9.02. The number of hydrogen-bond acceptors (Lipinski definition) is 3. The van der Waals surface area contributed by atoms with Crippen molar-refractivity contribution in [2.45, 2.75) is 6.42 Å². The Morgan fingerprint density at radius 2 is 2.19 bits per heavy atom. The van der Waals surface area contributed by atoms with Gasteiger partial charge in [-0.25, -0.2) is 0 Å². The van der Waals surface area contributed by atoms with Crippen LogP contribution in [0.1, 0.15) is 6.42 Å². The van der Waals surface area contributed by atoms with Crippen molar-refractivity contribution >= 4 is 11.6 Å². The first-order valence-electron chi connectivity index (χ1n) is 5.33. The van der Waals surface area contributed by atoms with E-state index in [-0.39, 0.29) is 12.3 Å². The van der Waals surface area contributed by atoms with Crippen molar-refractivity contribution < 1.29 is 4.79 Å². The van der Waals surface area contributed by atoms with Crippen molar-refractivity contribution in [2.24, 2.45) is 0 Å². The van der Waals surface area contributed by atoms with Gasteiger partial charge in [0.2, 0.25) is 5.91 Å². The van der Waals surface area contributed by atoms with Gasteiger partial charge in [0.25, 0.3) is 0 Å². The van der Waals surface area contributed by atoms with Crippen molar-refractivity contribution in [2.75, 3.05) is 31.1 Å². The van der Waals surface area contributed by atoms with Crippen LogP contribution in [0.2, 0.25) is 0 Å². The Balaban J connectivity index is 1.88. The summed E-state index contributed by atoms with van der Waals surface area (Å²) in [6.07, 6.45) is 3.83. The van der Waals surface area contributed by atoms with E-state index in [0.29, 0.717) is 13.1 Å². The summed E-state index contributed by atoms with van der Waals surface area (Å²) >= 11 is 0. The lowest BCUT2D eigenvalue weighted by Crippen LogP contribution is -2.48. The summed E-state index contributed by atoms with van der Waals surface area (Å²) in [6.45, 7) is 3.06. The molecule has 1 N–H and O–H groups in total. The van der Waals surface area contributed by atoms with Gasteiger partial charge in [0.15, 0.2) is 0 Å². The van der Waals surface area contributed by atoms with Crippen LogP contribution in [0.15, 0.2) is 18.5 Å². The minimum absolute atomic E-state index is 0.00977.